The minimum atomic E-state index is -0.296. The molecule has 82 valence electrons. The molecule has 0 atom stereocenters. The Morgan fingerprint density at radius 2 is 1.93 bits per heavy atom. The minimum Gasteiger partial charge on any atom is -0.505 e. The number of phenols is 1. The van der Waals surface area contributed by atoms with Crippen molar-refractivity contribution in [2.24, 2.45) is 0 Å². The van der Waals surface area contributed by atoms with Crippen LogP contribution >= 0.6 is 23.2 Å². The van der Waals surface area contributed by atoms with E-state index in [1.54, 1.807) is 12.1 Å². The molecule has 0 aliphatic rings. The van der Waals surface area contributed by atoms with E-state index in [-0.39, 0.29) is 28.2 Å². The van der Waals surface area contributed by atoms with Gasteiger partial charge in [-0.1, -0.05) is 23.2 Å². The number of carbonyl (C=O) groups is 1. The molecule has 0 amide bonds. The summed E-state index contributed by atoms with van der Waals surface area (Å²) in [6, 6.07) is 3.15. The fourth-order valence-electron chi connectivity index (χ4n) is 1.11. The Morgan fingerprint density at radius 1 is 1.40 bits per heavy atom. The lowest BCUT2D eigenvalue weighted by molar-refractivity contribution is -0.140. The highest BCUT2D eigenvalue weighted by molar-refractivity contribution is 6.37. The van der Waals surface area contributed by atoms with Crippen LogP contribution in [0.4, 0.5) is 0 Å². The van der Waals surface area contributed by atoms with E-state index < -0.39 is 0 Å². The van der Waals surface area contributed by atoms with Crippen molar-refractivity contribution in [1.82, 2.24) is 0 Å². The van der Waals surface area contributed by atoms with Crippen LogP contribution in [0.15, 0.2) is 12.1 Å². The van der Waals surface area contributed by atoms with Gasteiger partial charge in [0, 0.05) is 6.42 Å². The Morgan fingerprint density at radius 3 is 2.40 bits per heavy atom. The fourth-order valence-corrected chi connectivity index (χ4v) is 1.64. The van der Waals surface area contributed by atoms with Gasteiger partial charge in [0.15, 0.2) is 5.75 Å². The first-order valence-electron chi connectivity index (χ1n) is 4.28. The van der Waals surface area contributed by atoms with Crippen LogP contribution in [0.5, 0.6) is 5.75 Å². The maximum atomic E-state index is 10.9. The molecule has 0 heterocycles. The minimum absolute atomic E-state index is 0.139. The summed E-state index contributed by atoms with van der Waals surface area (Å²) in [4.78, 5) is 10.9. The number of hydrogen-bond donors (Lipinski definition) is 1. The average molecular weight is 249 g/mol. The van der Waals surface area contributed by atoms with Crippen molar-refractivity contribution < 1.29 is 14.6 Å². The van der Waals surface area contributed by atoms with Crippen molar-refractivity contribution in [3.05, 3.63) is 27.7 Å². The van der Waals surface area contributed by atoms with Crippen LogP contribution in [0.1, 0.15) is 12.0 Å². The van der Waals surface area contributed by atoms with Crippen molar-refractivity contribution in [3.8, 4) is 5.75 Å². The summed E-state index contributed by atoms with van der Waals surface area (Å²) >= 11 is 11.4. The van der Waals surface area contributed by atoms with Crippen LogP contribution in [0.25, 0.3) is 0 Å². The van der Waals surface area contributed by atoms with E-state index in [0.717, 1.165) is 5.56 Å². The van der Waals surface area contributed by atoms with E-state index in [2.05, 4.69) is 4.74 Å². The number of methoxy groups -OCH3 is 1. The molecule has 0 bridgehead atoms. The maximum Gasteiger partial charge on any atom is 0.305 e. The monoisotopic (exact) mass is 248 g/mol. The molecule has 1 aromatic rings. The number of ether oxygens (including phenoxy) is 1. The molecular formula is C10H10Cl2O3. The van der Waals surface area contributed by atoms with Gasteiger partial charge in [-0.3, -0.25) is 4.79 Å². The van der Waals surface area contributed by atoms with Gasteiger partial charge in [-0.15, -0.1) is 0 Å². The summed E-state index contributed by atoms with van der Waals surface area (Å²) in [6.45, 7) is 0. The zero-order valence-electron chi connectivity index (χ0n) is 8.09. The first-order chi connectivity index (χ1) is 7.04. The molecule has 5 heteroatoms. The van der Waals surface area contributed by atoms with Crippen molar-refractivity contribution >= 4 is 29.2 Å². The molecule has 0 fully saturated rings. The number of phenolic OH excluding ortho intramolecular Hbond substituents is 1. The molecule has 0 unspecified atom stereocenters. The van der Waals surface area contributed by atoms with Crippen molar-refractivity contribution in [3.63, 3.8) is 0 Å². The molecule has 0 spiro atoms. The Hall–Kier alpha value is -0.930. The van der Waals surface area contributed by atoms with E-state index in [1.807, 2.05) is 0 Å². The SMILES string of the molecule is COC(=O)CCc1cc(Cl)c(O)c(Cl)c1. The molecule has 0 aromatic heterocycles. The van der Waals surface area contributed by atoms with Gasteiger partial charge >= 0.3 is 5.97 Å². The molecular weight excluding hydrogens is 239 g/mol. The third-order valence-electron chi connectivity index (χ3n) is 1.92. The number of hydrogen-bond acceptors (Lipinski definition) is 3. The Labute approximate surface area is 97.6 Å². The fraction of sp³-hybridized carbons (Fsp3) is 0.300. The van der Waals surface area contributed by atoms with Crippen LogP contribution < -0.4 is 0 Å². The van der Waals surface area contributed by atoms with Gasteiger partial charge in [-0.25, -0.2) is 0 Å². The molecule has 15 heavy (non-hydrogen) atoms. The number of aryl methyl sites for hydroxylation is 1. The molecule has 0 aliphatic heterocycles. The number of halogens is 2. The predicted octanol–water partition coefficient (Wildman–Crippen LogP) is 2.80. The summed E-state index contributed by atoms with van der Waals surface area (Å²) in [7, 11) is 1.33. The van der Waals surface area contributed by atoms with Crippen LogP contribution in [0.2, 0.25) is 10.0 Å². The number of carbonyl (C=O) groups excluding carboxylic acids is 1. The summed E-state index contributed by atoms with van der Waals surface area (Å²) < 4.78 is 4.50. The van der Waals surface area contributed by atoms with Crippen LogP contribution in [0.3, 0.4) is 0 Å². The topological polar surface area (TPSA) is 46.5 Å². The van der Waals surface area contributed by atoms with Gasteiger partial charge in [0.1, 0.15) is 0 Å². The van der Waals surface area contributed by atoms with E-state index in [4.69, 9.17) is 23.2 Å². The Kier molecular flexibility index (Phi) is 4.24. The predicted molar refractivity (Wildman–Crippen MR) is 58.5 cm³/mol. The van der Waals surface area contributed by atoms with Gasteiger partial charge < -0.3 is 9.84 Å². The lowest BCUT2D eigenvalue weighted by Crippen LogP contribution is -2.01. The van der Waals surface area contributed by atoms with E-state index in [0.29, 0.717) is 6.42 Å². The van der Waals surface area contributed by atoms with Crippen molar-refractivity contribution in [1.29, 1.82) is 0 Å². The molecule has 0 saturated carbocycles. The number of benzene rings is 1. The molecule has 1 N–H and O–H groups in total. The van der Waals surface area contributed by atoms with Crippen LogP contribution in [0, 0.1) is 0 Å². The summed E-state index contributed by atoms with van der Waals surface area (Å²) in [5, 5.41) is 9.66. The third kappa shape index (κ3) is 3.29. The normalized spacial score (nSPS) is 10.1. The van der Waals surface area contributed by atoms with Gasteiger partial charge in [0.25, 0.3) is 0 Å². The molecule has 0 radical (unpaired) electrons. The first-order valence-corrected chi connectivity index (χ1v) is 5.04. The highest BCUT2D eigenvalue weighted by atomic mass is 35.5. The van der Waals surface area contributed by atoms with E-state index in [9.17, 15) is 9.90 Å². The molecule has 1 rings (SSSR count). The summed E-state index contributed by atoms with van der Waals surface area (Å²) in [6.07, 6.45) is 0.736. The smallest absolute Gasteiger partial charge is 0.305 e. The second kappa shape index (κ2) is 5.24. The van der Waals surface area contributed by atoms with Gasteiger partial charge in [-0.05, 0) is 24.1 Å². The molecule has 3 nitrogen and oxygen atoms in total. The highest BCUT2D eigenvalue weighted by Gasteiger charge is 2.08. The van der Waals surface area contributed by atoms with Gasteiger partial charge in [0.2, 0.25) is 0 Å². The van der Waals surface area contributed by atoms with Gasteiger partial charge in [0.05, 0.1) is 17.2 Å². The standard InChI is InChI=1S/C10H10Cl2O3/c1-15-9(13)3-2-6-4-7(11)10(14)8(12)5-6/h4-5,14H,2-3H2,1H3. The van der Waals surface area contributed by atoms with Crippen LogP contribution in [-0.4, -0.2) is 18.2 Å². The lowest BCUT2D eigenvalue weighted by atomic mass is 10.1. The van der Waals surface area contributed by atoms with Crippen molar-refractivity contribution in [2.75, 3.05) is 7.11 Å². The zero-order valence-corrected chi connectivity index (χ0v) is 9.60. The highest BCUT2D eigenvalue weighted by Crippen LogP contribution is 2.32. The van der Waals surface area contributed by atoms with E-state index in [1.165, 1.54) is 7.11 Å². The molecule has 0 aliphatic carbocycles. The summed E-state index contributed by atoms with van der Waals surface area (Å²) in [5.41, 5.74) is 0.785. The Bertz CT molecular complexity index is 354. The van der Waals surface area contributed by atoms with Crippen LogP contribution in [-0.2, 0) is 16.0 Å². The van der Waals surface area contributed by atoms with Crippen molar-refractivity contribution in [2.45, 2.75) is 12.8 Å². The lowest BCUT2D eigenvalue weighted by Gasteiger charge is -2.04. The third-order valence-corrected chi connectivity index (χ3v) is 2.50. The first kappa shape index (κ1) is 12.1. The van der Waals surface area contributed by atoms with E-state index >= 15 is 0 Å². The second-order valence-electron chi connectivity index (χ2n) is 2.98. The maximum absolute atomic E-state index is 10.9. The quantitative estimate of drug-likeness (QED) is 0.838. The second-order valence-corrected chi connectivity index (χ2v) is 3.80. The molecule has 0 saturated heterocycles. The summed E-state index contributed by atoms with van der Waals surface area (Å²) in [5.74, 6) is -0.435. The number of rotatable bonds is 3. The average Bonchev–Trinajstić information content (AvgIpc) is 2.22. The molecule has 1 aromatic carbocycles. The zero-order chi connectivity index (χ0) is 11.4. The Balaban J connectivity index is 2.75. The number of aromatic hydroxyl groups is 1. The largest absolute Gasteiger partial charge is 0.505 e. The van der Waals surface area contributed by atoms with Gasteiger partial charge in [-0.2, -0.15) is 0 Å². The number of esters is 1.